The summed E-state index contributed by atoms with van der Waals surface area (Å²) in [6, 6.07) is 3.01. The number of likely N-dealkylation sites (N-methyl/N-ethyl adjacent to an activating group) is 2. The van der Waals surface area contributed by atoms with Crippen LogP contribution in [0.2, 0.25) is 0 Å². The fourth-order valence-electron chi connectivity index (χ4n) is 9.77. The molecule has 0 spiro atoms. The third kappa shape index (κ3) is 13.4. The Morgan fingerprint density at radius 2 is 1.21 bits per heavy atom. The van der Waals surface area contributed by atoms with Gasteiger partial charge in [-0.05, 0) is 116 Å². The van der Waals surface area contributed by atoms with Gasteiger partial charge in [-0.3, -0.25) is 33.8 Å². The van der Waals surface area contributed by atoms with Crippen LogP contribution in [0.25, 0.3) is 33.2 Å². The molecule has 4 N–H and O–H groups in total. The second kappa shape index (κ2) is 23.0. The van der Waals surface area contributed by atoms with Crippen molar-refractivity contribution in [1.82, 2.24) is 40.2 Å². The lowest BCUT2D eigenvalue weighted by Crippen LogP contribution is -2.55. The molecule has 75 heavy (non-hydrogen) atoms. The summed E-state index contributed by atoms with van der Waals surface area (Å²) >= 11 is 0. The van der Waals surface area contributed by atoms with Gasteiger partial charge in [-0.25, -0.2) is 22.8 Å². The predicted molar refractivity (Wildman–Crippen MR) is 275 cm³/mol. The second-order valence-electron chi connectivity index (χ2n) is 21.8. The Hall–Kier alpha value is -6.80. The van der Waals surface area contributed by atoms with Crippen LogP contribution in [0.1, 0.15) is 113 Å². The number of carbonyl (C=O) groups is 7. The normalized spacial score (nSPS) is 19.6. The molecule has 0 saturated carbocycles. The van der Waals surface area contributed by atoms with E-state index in [-0.39, 0.29) is 57.1 Å². The van der Waals surface area contributed by atoms with E-state index in [4.69, 9.17) is 14.2 Å². The molecule has 8 atom stereocenters. The topological polar surface area (TPSA) is 216 Å². The van der Waals surface area contributed by atoms with Crippen molar-refractivity contribution in [2.24, 2.45) is 0 Å². The van der Waals surface area contributed by atoms with E-state index < -0.39 is 113 Å². The van der Waals surface area contributed by atoms with Gasteiger partial charge in [0.1, 0.15) is 59.3 Å². The number of halogens is 3. The Kier molecular flexibility index (Phi) is 17.6. The van der Waals surface area contributed by atoms with Crippen LogP contribution in [0.3, 0.4) is 0 Å². The van der Waals surface area contributed by atoms with Crippen molar-refractivity contribution in [2.45, 2.75) is 174 Å². The highest BCUT2D eigenvalue weighted by molar-refractivity contribution is 5.97. The van der Waals surface area contributed by atoms with Crippen molar-refractivity contribution >= 4 is 63.6 Å². The number of hydrogen-bond acceptors (Lipinski definition) is 10. The summed E-state index contributed by atoms with van der Waals surface area (Å²) in [7, 11) is 2.83. The van der Waals surface area contributed by atoms with Gasteiger partial charge >= 0.3 is 18.2 Å². The SMILES string of the molecule is CC[C@H](NC(=O)[C@H](C)N(C)C(=O)OC(C)(C)C)C(=O)N1C[C@@H](F)C[C@H]1Cc1c(-c2[nH]c3c(F)cccc3c2C[C@@H]2C[C@H](OC(C)=O)CN2C(=O)[C@H](CC)NC(=O)[C@H](C)N(C)C(=O)OC(C)(C)C)[nH]c2cc(F)ccc12. The van der Waals surface area contributed by atoms with Gasteiger partial charge in [-0.15, -0.1) is 0 Å². The van der Waals surface area contributed by atoms with Crippen LogP contribution in [0.4, 0.5) is 22.8 Å². The predicted octanol–water partition coefficient (Wildman–Crippen LogP) is 7.45. The summed E-state index contributed by atoms with van der Waals surface area (Å²) in [4.78, 5) is 106. The fraction of sp³-hybridized carbons (Fsp3) is 0.574. The summed E-state index contributed by atoms with van der Waals surface area (Å²) in [6.45, 7) is 17.6. The van der Waals surface area contributed by atoms with E-state index in [9.17, 15) is 33.6 Å². The number of aromatic nitrogens is 2. The number of para-hydroxylation sites is 1. The third-order valence-corrected chi connectivity index (χ3v) is 13.9. The lowest BCUT2D eigenvalue weighted by molar-refractivity contribution is -0.147. The largest absolute Gasteiger partial charge is 0.461 e. The van der Waals surface area contributed by atoms with Gasteiger partial charge in [-0.2, -0.15) is 0 Å². The molecule has 18 nitrogen and oxygen atoms in total. The van der Waals surface area contributed by atoms with E-state index in [1.54, 1.807) is 73.6 Å². The van der Waals surface area contributed by atoms with Gasteiger partial charge < -0.3 is 44.6 Å². The number of alkyl halides is 1. The van der Waals surface area contributed by atoms with Crippen molar-refractivity contribution in [3.63, 3.8) is 0 Å². The van der Waals surface area contributed by atoms with Crippen molar-refractivity contribution in [3.8, 4) is 11.4 Å². The molecule has 6 amide bonds. The molecule has 2 aliphatic rings. The molecule has 4 heterocycles. The highest BCUT2D eigenvalue weighted by Gasteiger charge is 2.43. The molecule has 2 saturated heterocycles. The molecule has 0 radical (unpaired) electrons. The molecule has 0 aliphatic carbocycles. The second-order valence-corrected chi connectivity index (χ2v) is 21.8. The van der Waals surface area contributed by atoms with Crippen LogP contribution >= 0.6 is 0 Å². The zero-order valence-corrected chi connectivity index (χ0v) is 45.2. The monoisotopic (exact) mass is 1050 g/mol. The number of likely N-dealkylation sites (tertiary alicyclic amines) is 2. The van der Waals surface area contributed by atoms with Crippen LogP contribution in [0, 0.1) is 11.6 Å². The van der Waals surface area contributed by atoms with E-state index in [1.807, 2.05) is 0 Å². The number of amides is 6. The first-order valence-corrected chi connectivity index (χ1v) is 25.6. The lowest BCUT2D eigenvalue weighted by Gasteiger charge is -2.31. The van der Waals surface area contributed by atoms with E-state index in [0.717, 1.165) is 9.80 Å². The number of carbonyl (C=O) groups excluding carboxylic acids is 7. The summed E-state index contributed by atoms with van der Waals surface area (Å²) in [5.41, 5.74) is 0.705. The maximum Gasteiger partial charge on any atom is 0.410 e. The van der Waals surface area contributed by atoms with Gasteiger partial charge in [0, 0.05) is 62.2 Å². The number of nitrogens with zero attached hydrogens (tertiary/aromatic N) is 4. The Morgan fingerprint density at radius 3 is 1.72 bits per heavy atom. The Bertz CT molecular complexity index is 2800. The van der Waals surface area contributed by atoms with E-state index in [1.165, 1.54) is 62.9 Å². The van der Waals surface area contributed by atoms with Gasteiger partial charge in [0.15, 0.2) is 0 Å². The van der Waals surface area contributed by atoms with E-state index in [2.05, 4.69) is 20.6 Å². The number of benzene rings is 2. The maximum atomic E-state index is 16.0. The van der Waals surface area contributed by atoms with E-state index >= 15 is 13.2 Å². The molecular weight excluding hydrogens is 978 g/mol. The number of hydrogen-bond donors (Lipinski definition) is 4. The molecule has 6 rings (SSSR count). The first kappa shape index (κ1) is 57.5. The van der Waals surface area contributed by atoms with Gasteiger partial charge in [0.2, 0.25) is 23.6 Å². The molecule has 2 fully saturated rings. The lowest BCUT2D eigenvalue weighted by atomic mass is 9.94. The molecule has 4 aromatic rings. The summed E-state index contributed by atoms with van der Waals surface area (Å²) in [5, 5.41) is 6.55. The quantitative estimate of drug-likeness (QED) is 0.0642. The van der Waals surface area contributed by atoms with Crippen molar-refractivity contribution in [1.29, 1.82) is 0 Å². The van der Waals surface area contributed by atoms with Gasteiger partial charge in [-0.1, -0.05) is 26.0 Å². The zero-order chi connectivity index (χ0) is 55.6. The number of esters is 1. The molecule has 21 heteroatoms. The van der Waals surface area contributed by atoms with Crippen molar-refractivity contribution in [3.05, 3.63) is 59.2 Å². The Morgan fingerprint density at radius 1 is 0.720 bits per heavy atom. The van der Waals surface area contributed by atoms with Gasteiger partial charge in [0.05, 0.1) is 30.0 Å². The standard InChI is InChI=1S/C54H73F3N8O10/c1-14-41(59-47(67)28(3)62(12)51(71)74-53(6,7)8)49(69)64-26-32(56)21-33(64)24-38-36-20-19-31(55)22-43(36)58-45(38)46-39(37-17-16-18-40(57)44(37)61-46)25-34-23-35(73-30(5)66)27-65(34)50(70)42(15-2)60-48(68)29(4)63(13)52(72)75-54(9,10)11/h16-20,22,28-29,32-35,41-42,58,61H,14-15,21,23-27H2,1-13H3,(H,59,67)(H,60,68)/t28-,29-,32-,33-,34-,35-,41-,42-/m0/s1. The molecule has 0 unspecified atom stereocenters. The minimum absolute atomic E-state index is 0.0275. The Labute approximate surface area is 435 Å². The third-order valence-electron chi connectivity index (χ3n) is 13.9. The number of ether oxygens (including phenoxy) is 3. The maximum absolute atomic E-state index is 16.0. The van der Waals surface area contributed by atoms with E-state index in [0.29, 0.717) is 38.8 Å². The highest BCUT2D eigenvalue weighted by atomic mass is 19.1. The average Bonchev–Trinajstić information content (AvgIpc) is 4.10. The number of H-pyrrole nitrogens is 2. The molecule has 410 valence electrons. The highest BCUT2D eigenvalue weighted by Crippen LogP contribution is 2.40. The molecular formula is C54H73F3N8O10. The van der Waals surface area contributed by atoms with Crippen LogP contribution in [-0.4, -0.2) is 158 Å². The average molecular weight is 1050 g/mol. The first-order chi connectivity index (χ1) is 35.0. The molecule has 2 aliphatic heterocycles. The van der Waals surface area contributed by atoms with Gasteiger partial charge in [0.25, 0.3) is 0 Å². The zero-order valence-electron chi connectivity index (χ0n) is 45.2. The first-order valence-electron chi connectivity index (χ1n) is 25.6. The number of nitrogens with one attached hydrogen (secondary N) is 4. The molecule has 2 aromatic carbocycles. The molecule has 0 bridgehead atoms. The van der Waals surface area contributed by atoms with Crippen molar-refractivity contribution < 1.29 is 60.9 Å². The fourth-order valence-corrected chi connectivity index (χ4v) is 9.77. The summed E-state index contributed by atoms with van der Waals surface area (Å²) in [5.74, 6) is -3.97. The minimum atomic E-state index is -1.44. The number of fused-ring (bicyclic) bond motifs is 2. The van der Waals surface area contributed by atoms with Crippen LogP contribution in [0.15, 0.2) is 36.4 Å². The smallest absolute Gasteiger partial charge is 0.410 e. The summed E-state index contributed by atoms with van der Waals surface area (Å²) in [6.07, 6.45) is -3.15. The summed E-state index contributed by atoms with van der Waals surface area (Å²) < 4.78 is 63.3. The number of rotatable bonds is 16. The minimum Gasteiger partial charge on any atom is -0.461 e. The van der Waals surface area contributed by atoms with Crippen LogP contribution in [-0.2, 0) is 51.0 Å². The van der Waals surface area contributed by atoms with Crippen molar-refractivity contribution in [2.75, 3.05) is 27.2 Å². The Balaban J connectivity index is 1.35. The van der Waals surface area contributed by atoms with Crippen LogP contribution < -0.4 is 10.6 Å². The van der Waals surface area contributed by atoms with Crippen LogP contribution in [0.5, 0.6) is 0 Å². The number of aromatic amines is 2. The molecule has 2 aromatic heterocycles.